The Bertz CT molecular complexity index is 1030. The molecule has 4 rings (SSSR count). The van der Waals surface area contributed by atoms with Gasteiger partial charge in [0.2, 0.25) is 11.8 Å². The van der Waals surface area contributed by atoms with E-state index in [0.717, 1.165) is 39.3 Å². The highest BCUT2D eigenvalue weighted by Gasteiger charge is 2.39. The molecule has 2 aromatic carbocycles. The van der Waals surface area contributed by atoms with E-state index >= 15 is 0 Å². The number of carbonyl (C=O) groups is 2. The number of rotatable bonds is 8. The van der Waals surface area contributed by atoms with E-state index in [1.807, 2.05) is 0 Å². The van der Waals surface area contributed by atoms with Crippen LogP contribution in [0.4, 0.5) is 15.8 Å². The van der Waals surface area contributed by atoms with Crippen LogP contribution in [0.5, 0.6) is 0 Å². The number of anilines is 1. The zero-order valence-corrected chi connectivity index (χ0v) is 20.2. The van der Waals surface area contributed by atoms with Crippen LogP contribution in [0.2, 0.25) is 5.02 Å². The number of morpholine rings is 1. The van der Waals surface area contributed by atoms with Crippen LogP contribution in [0.25, 0.3) is 0 Å². The fourth-order valence-electron chi connectivity index (χ4n) is 3.75. The van der Waals surface area contributed by atoms with Gasteiger partial charge in [-0.2, -0.15) is 0 Å². The Labute approximate surface area is 207 Å². The first kappa shape index (κ1) is 24.7. The van der Waals surface area contributed by atoms with Crippen LogP contribution in [0.1, 0.15) is 12.8 Å². The standard InChI is InChI=1S/C24H26ClFN4O3S/c25-17-2-6-20(7-3-17)28-24-30(11-1-10-29-12-14-33-15-13-29)23(32)21(34-24)16-22(31)27-19-8-4-18(26)5-9-19/h2-9,21H,1,10-16H2,(H,27,31). The summed E-state index contributed by atoms with van der Waals surface area (Å²) in [6.45, 7) is 4.62. The fourth-order valence-corrected chi connectivity index (χ4v) is 5.06. The van der Waals surface area contributed by atoms with Crippen molar-refractivity contribution in [2.24, 2.45) is 4.99 Å². The molecule has 2 fully saturated rings. The van der Waals surface area contributed by atoms with Gasteiger partial charge in [-0.15, -0.1) is 0 Å². The van der Waals surface area contributed by atoms with Crippen LogP contribution < -0.4 is 5.32 Å². The predicted molar refractivity (Wildman–Crippen MR) is 133 cm³/mol. The first-order valence-corrected chi connectivity index (χ1v) is 12.4. The Morgan fingerprint density at radius 1 is 1.12 bits per heavy atom. The number of ether oxygens (including phenoxy) is 1. The van der Waals surface area contributed by atoms with Crippen molar-refractivity contribution in [3.63, 3.8) is 0 Å². The molecule has 0 bridgehead atoms. The average Bonchev–Trinajstić information content (AvgIpc) is 3.11. The predicted octanol–water partition coefficient (Wildman–Crippen LogP) is 4.16. The number of hydrogen-bond acceptors (Lipinski definition) is 6. The molecule has 1 unspecified atom stereocenters. The summed E-state index contributed by atoms with van der Waals surface area (Å²) >= 11 is 7.27. The Morgan fingerprint density at radius 2 is 1.82 bits per heavy atom. The zero-order valence-electron chi connectivity index (χ0n) is 18.6. The number of aliphatic imine (C=N–C) groups is 1. The second kappa shape index (κ2) is 11.8. The van der Waals surface area contributed by atoms with Crippen LogP contribution in [0.15, 0.2) is 53.5 Å². The lowest BCUT2D eigenvalue weighted by Gasteiger charge is -2.27. The van der Waals surface area contributed by atoms with Crippen LogP contribution >= 0.6 is 23.4 Å². The number of benzene rings is 2. The summed E-state index contributed by atoms with van der Waals surface area (Å²) in [4.78, 5) is 34.4. The number of nitrogens with one attached hydrogen (secondary N) is 1. The molecule has 2 aliphatic heterocycles. The third kappa shape index (κ3) is 6.79. The molecule has 1 atom stereocenters. The maximum Gasteiger partial charge on any atom is 0.242 e. The third-order valence-electron chi connectivity index (χ3n) is 5.53. The minimum Gasteiger partial charge on any atom is -0.379 e. The number of halogens is 2. The van der Waals surface area contributed by atoms with Gasteiger partial charge in [-0.25, -0.2) is 9.38 Å². The number of hydrogen-bond donors (Lipinski definition) is 1. The van der Waals surface area contributed by atoms with E-state index in [-0.39, 0.29) is 24.1 Å². The molecule has 2 heterocycles. The van der Waals surface area contributed by atoms with Gasteiger partial charge in [-0.1, -0.05) is 23.4 Å². The first-order valence-electron chi connectivity index (χ1n) is 11.2. The molecule has 2 amide bonds. The molecular formula is C24H26ClFN4O3S. The van der Waals surface area contributed by atoms with Gasteiger partial charge in [0.05, 0.1) is 18.9 Å². The van der Waals surface area contributed by atoms with Crippen molar-refractivity contribution in [1.82, 2.24) is 9.80 Å². The molecule has 34 heavy (non-hydrogen) atoms. The van der Waals surface area contributed by atoms with Gasteiger partial charge >= 0.3 is 0 Å². The second-order valence-corrected chi connectivity index (χ2v) is 9.64. The van der Waals surface area contributed by atoms with Crippen molar-refractivity contribution >= 4 is 51.7 Å². The number of amides is 2. The van der Waals surface area contributed by atoms with Crippen LogP contribution in [-0.4, -0.2) is 71.4 Å². The molecular weight excluding hydrogens is 479 g/mol. The summed E-state index contributed by atoms with van der Waals surface area (Å²) in [6, 6.07) is 12.6. The molecule has 10 heteroatoms. The van der Waals surface area contributed by atoms with Crippen molar-refractivity contribution in [3.8, 4) is 0 Å². The monoisotopic (exact) mass is 504 g/mol. The Balaban J connectivity index is 1.42. The molecule has 2 saturated heterocycles. The number of carbonyl (C=O) groups excluding carboxylic acids is 2. The number of nitrogens with zero attached hydrogens (tertiary/aromatic N) is 3. The maximum absolute atomic E-state index is 13.2. The van der Waals surface area contributed by atoms with E-state index in [9.17, 15) is 14.0 Å². The van der Waals surface area contributed by atoms with Gasteiger partial charge < -0.3 is 10.1 Å². The molecule has 0 aliphatic carbocycles. The van der Waals surface area contributed by atoms with Crippen molar-refractivity contribution in [2.45, 2.75) is 18.1 Å². The molecule has 1 N–H and O–H groups in total. The molecule has 7 nitrogen and oxygen atoms in total. The third-order valence-corrected chi connectivity index (χ3v) is 6.96. The highest BCUT2D eigenvalue weighted by atomic mass is 35.5. The van der Waals surface area contributed by atoms with Crippen LogP contribution in [0.3, 0.4) is 0 Å². The van der Waals surface area contributed by atoms with Crippen molar-refractivity contribution in [1.29, 1.82) is 0 Å². The molecule has 0 saturated carbocycles. The quantitative estimate of drug-likeness (QED) is 0.584. The van der Waals surface area contributed by atoms with Crippen molar-refractivity contribution in [2.75, 3.05) is 44.7 Å². The van der Waals surface area contributed by atoms with Crippen molar-refractivity contribution < 1.29 is 18.7 Å². The molecule has 2 aliphatic rings. The van der Waals surface area contributed by atoms with Gasteiger partial charge in [0.15, 0.2) is 5.17 Å². The largest absolute Gasteiger partial charge is 0.379 e. The summed E-state index contributed by atoms with van der Waals surface area (Å²) in [6.07, 6.45) is 0.793. The lowest BCUT2D eigenvalue weighted by Crippen LogP contribution is -2.39. The summed E-state index contributed by atoms with van der Waals surface area (Å²) in [7, 11) is 0. The van der Waals surface area contributed by atoms with Gasteiger partial charge in [0.1, 0.15) is 11.1 Å². The van der Waals surface area contributed by atoms with Crippen LogP contribution in [0, 0.1) is 5.82 Å². The summed E-state index contributed by atoms with van der Waals surface area (Å²) < 4.78 is 18.5. The SMILES string of the molecule is O=C(CC1SC(=Nc2ccc(Cl)cc2)N(CCCN2CCOCC2)C1=O)Nc1ccc(F)cc1. The van der Waals surface area contributed by atoms with Gasteiger partial charge in [0, 0.05) is 43.3 Å². The highest BCUT2D eigenvalue weighted by molar-refractivity contribution is 8.15. The molecule has 0 spiro atoms. The van der Waals surface area contributed by atoms with Gasteiger partial charge in [-0.05, 0) is 55.0 Å². The van der Waals surface area contributed by atoms with E-state index in [1.54, 1.807) is 29.2 Å². The molecule has 0 radical (unpaired) electrons. The first-order chi connectivity index (χ1) is 16.5. The number of thioether (sulfide) groups is 1. The average molecular weight is 505 g/mol. The van der Waals surface area contributed by atoms with E-state index in [2.05, 4.69) is 15.2 Å². The molecule has 0 aromatic heterocycles. The van der Waals surface area contributed by atoms with Crippen LogP contribution in [-0.2, 0) is 14.3 Å². The minimum absolute atomic E-state index is 0.000474. The molecule has 2 aromatic rings. The normalized spacial score (nSPS) is 20.2. The smallest absolute Gasteiger partial charge is 0.242 e. The van der Waals surface area contributed by atoms with Gasteiger partial charge in [0.25, 0.3) is 0 Å². The summed E-state index contributed by atoms with van der Waals surface area (Å²) in [5, 5.41) is 3.34. The summed E-state index contributed by atoms with van der Waals surface area (Å²) in [5.41, 5.74) is 1.17. The zero-order chi connectivity index (χ0) is 23.9. The van der Waals surface area contributed by atoms with Crippen molar-refractivity contribution in [3.05, 3.63) is 59.4 Å². The lowest BCUT2D eigenvalue weighted by molar-refractivity contribution is -0.128. The highest BCUT2D eigenvalue weighted by Crippen LogP contribution is 2.32. The summed E-state index contributed by atoms with van der Waals surface area (Å²) in [5.74, 6) is -0.817. The second-order valence-electron chi connectivity index (χ2n) is 8.03. The topological polar surface area (TPSA) is 74.2 Å². The number of amidine groups is 1. The van der Waals surface area contributed by atoms with Gasteiger partial charge in [-0.3, -0.25) is 19.4 Å². The molecule has 180 valence electrons. The Kier molecular flexibility index (Phi) is 8.55. The Morgan fingerprint density at radius 3 is 2.53 bits per heavy atom. The minimum atomic E-state index is -0.574. The van der Waals surface area contributed by atoms with E-state index in [4.69, 9.17) is 16.3 Å². The fraction of sp³-hybridized carbons (Fsp3) is 0.375. The lowest BCUT2D eigenvalue weighted by atomic mass is 10.2. The Hall–Kier alpha value is -2.46. The van der Waals surface area contributed by atoms with E-state index in [1.165, 1.54) is 36.0 Å². The maximum atomic E-state index is 13.2. The van der Waals surface area contributed by atoms with E-state index in [0.29, 0.717) is 28.1 Å². The van der Waals surface area contributed by atoms with E-state index < -0.39 is 5.25 Å².